The summed E-state index contributed by atoms with van der Waals surface area (Å²) in [7, 11) is 0. The molecule has 8 heteroatoms. The molecule has 140 valence electrons. The Bertz CT molecular complexity index is 947. The molecule has 3 aromatic rings. The van der Waals surface area contributed by atoms with Crippen molar-refractivity contribution in [1.82, 2.24) is 9.97 Å². The molecule has 1 unspecified atom stereocenters. The lowest BCUT2D eigenvalue weighted by molar-refractivity contribution is -0.137. The van der Waals surface area contributed by atoms with Gasteiger partial charge in [0.15, 0.2) is 0 Å². The first-order chi connectivity index (χ1) is 12.8. The molecule has 27 heavy (non-hydrogen) atoms. The standard InChI is InChI=1S/C19H16ClF3N4/c20-15-7-6-12(8-14(15)19(21,22)23)16-9-17(27-11-26-16)18(25,10-24)13-4-2-1-3-5-13/h1-9,11H,10,24-25H2. The molecule has 1 aromatic heterocycles. The van der Waals surface area contributed by atoms with Gasteiger partial charge in [-0.05, 0) is 23.8 Å². The molecular weight excluding hydrogens is 377 g/mol. The van der Waals surface area contributed by atoms with E-state index in [2.05, 4.69) is 9.97 Å². The van der Waals surface area contributed by atoms with Crippen molar-refractivity contribution in [2.24, 2.45) is 11.5 Å². The molecule has 2 aromatic carbocycles. The summed E-state index contributed by atoms with van der Waals surface area (Å²) in [4.78, 5) is 8.29. The molecule has 0 spiro atoms. The number of nitrogens with zero attached hydrogens (tertiary/aromatic N) is 2. The third kappa shape index (κ3) is 3.80. The summed E-state index contributed by atoms with van der Waals surface area (Å²) in [6, 6.07) is 14.3. The predicted octanol–water partition coefficient (Wildman–Crippen LogP) is 3.98. The number of benzene rings is 2. The molecule has 0 saturated heterocycles. The summed E-state index contributed by atoms with van der Waals surface area (Å²) in [6.45, 7) is 0.0574. The van der Waals surface area contributed by atoms with Crippen LogP contribution in [0.25, 0.3) is 11.3 Å². The highest BCUT2D eigenvalue weighted by Gasteiger charge is 2.34. The Balaban J connectivity index is 2.09. The van der Waals surface area contributed by atoms with Gasteiger partial charge < -0.3 is 11.5 Å². The number of nitrogens with two attached hydrogens (primary N) is 2. The van der Waals surface area contributed by atoms with E-state index in [4.69, 9.17) is 23.1 Å². The van der Waals surface area contributed by atoms with Gasteiger partial charge in [-0.3, -0.25) is 0 Å². The van der Waals surface area contributed by atoms with E-state index in [-0.39, 0.29) is 17.1 Å². The zero-order chi connectivity index (χ0) is 19.7. The van der Waals surface area contributed by atoms with Gasteiger partial charge in [-0.1, -0.05) is 48.0 Å². The first-order valence-electron chi connectivity index (χ1n) is 8.00. The minimum absolute atomic E-state index is 0.0574. The van der Waals surface area contributed by atoms with Crippen molar-refractivity contribution in [2.45, 2.75) is 11.7 Å². The molecule has 4 nitrogen and oxygen atoms in total. The topological polar surface area (TPSA) is 77.8 Å². The lowest BCUT2D eigenvalue weighted by atomic mass is 9.87. The third-order valence-corrected chi connectivity index (χ3v) is 4.63. The fourth-order valence-electron chi connectivity index (χ4n) is 2.77. The number of halogens is 4. The van der Waals surface area contributed by atoms with E-state index in [0.29, 0.717) is 11.4 Å². The Morgan fingerprint density at radius 3 is 2.30 bits per heavy atom. The average Bonchev–Trinajstić information content (AvgIpc) is 2.67. The van der Waals surface area contributed by atoms with Crippen molar-refractivity contribution in [1.29, 1.82) is 0 Å². The Morgan fingerprint density at radius 2 is 1.67 bits per heavy atom. The van der Waals surface area contributed by atoms with Gasteiger partial charge in [0.25, 0.3) is 0 Å². The molecule has 0 aliphatic carbocycles. The molecule has 0 amide bonds. The van der Waals surface area contributed by atoms with E-state index in [9.17, 15) is 13.2 Å². The van der Waals surface area contributed by atoms with Crippen LogP contribution in [0, 0.1) is 0 Å². The van der Waals surface area contributed by atoms with Crippen molar-refractivity contribution in [3.05, 3.63) is 82.8 Å². The van der Waals surface area contributed by atoms with E-state index < -0.39 is 17.3 Å². The molecule has 4 N–H and O–H groups in total. The summed E-state index contributed by atoms with van der Waals surface area (Å²) in [6.07, 6.45) is -3.31. The molecule has 1 heterocycles. The summed E-state index contributed by atoms with van der Waals surface area (Å²) in [5.41, 5.74) is 12.1. The first-order valence-corrected chi connectivity index (χ1v) is 8.37. The minimum Gasteiger partial charge on any atom is -0.328 e. The molecule has 0 aliphatic rings. The maximum absolute atomic E-state index is 13.1. The predicted molar refractivity (Wildman–Crippen MR) is 97.9 cm³/mol. The number of aromatic nitrogens is 2. The van der Waals surface area contributed by atoms with Crippen LogP contribution in [-0.2, 0) is 11.7 Å². The summed E-state index contributed by atoms with van der Waals surface area (Å²) in [5.74, 6) is 0. The van der Waals surface area contributed by atoms with Gasteiger partial charge in [-0.15, -0.1) is 0 Å². The van der Waals surface area contributed by atoms with Crippen LogP contribution in [0.4, 0.5) is 13.2 Å². The molecule has 0 aliphatic heterocycles. The Morgan fingerprint density at radius 1 is 0.963 bits per heavy atom. The van der Waals surface area contributed by atoms with Gasteiger partial charge in [0.2, 0.25) is 0 Å². The second-order valence-corrected chi connectivity index (χ2v) is 6.43. The third-order valence-electron chi connectivity index (χ3n) is 4.30. The zero-order valence-corrected chi connectivity index (χ0v) is 14.8. The van der Waals surface area contributed by atoms with Crippen molar-refractivity contribution in [3.8, 4) is 11.3 Å². The van der Waals surface area contributed by atoms with E-state index in [1.807, 2.05) is 30.3 Å². The molecule has 0 bridgehead atoms. The highest BCUT2D eigenvalue weighted by atomic mass is 35.5. The zero-order valence-electron chi connectivity index (χ0n) is 14.0. The van der Waals surface area contributed by atoms with Gasteiger partial charge in [0, 0.05) is 12.1 Å². The summed E-state index contributed by atoms with van der Waals surface area (Å²) >= 11 is 5.69. The molecule has 1 atom stereocenters. The quantitative estimate of drug-likeness (QED) is 0.704. The normalized spacial score (nSPS) is 14.0. The Labute approximate surface area is 159 Å². The molecule has 3 rings (SSSR count). The van der Waals surface area contributed by atoms with Crippen LogP contribution in [0.2, 0.25) is 5.02 Å². The van der Waals surface area contributed by atoms with Crippen molar-refractivity contribution in [3.63, 3.8) is 0 Å². The second kappa shape index (κ2) is 7.26. The monoisotopic (exact) mass is 392 g/mol. The number of alkyl halides is 3. The van der Waals surface area contributed by atoms with Crippen LogP contribution in [-0.4, -0.2) is 16.5 Å². The van der Waals surface area contributed by atoms with Gasteiger partial charge >= 0.3 is 6.18 Å². The maximum Gasteiger partial charge on any atom is 0.417 e. The number of rotatable bonds is 4. The summed E-state index contributed by atoms with van der Waals surface area (Å²) in [5, 5.41) is -0.375. The second-order valence-electron chi connectivity index (χ2n) is 6.02. The fraction of sp³-hybridized carbons (Fsp3) is 0.158. The van der Waals surface area contributed by atoms with Crippen LogP contribution < -0.4 is 11.5 Å². The van der Waals surface area contributed by atoms with E-state index in [1.165, 1.54) is 18.5 Å². The molecule has 0 saturated carbocycles. The van der Waals surface area contributed by atoms with Crippen LogP contribution in [0.15, 0.2) is 60.9 Å². The van der Waals surface area contributed by atoms with E-state index in [1.54, 1.807) is 6.07 Å². The lowest BCUT2D eigenvalue weighted by Crippen LogP contribution is -2.45. The van der Waals surface area contributed by atoms with Crippen LogP contribution >= 0.6 is 11.6 Å². The van der Waals surface area contributed by atoms with E-state index in [0.717, 1.165) is 11.6 Å². The van der Waals surface area contributed by atoms with E-state index >= 15 is 0 Å². The smallest absolute Gasteiger partial charge is 0.328 e. The van der Waals surface area contributed by atoms with Gasteiger partial charge in [0.1, 0.15) is 6.33 Å². The number of hydrogen-bond donors (Lipinski definition) is 2. The SMILES string of the molecule is NCC(N)(c1ccccc1)c1cc(-c2ccc(Cl)c(C(F)(F)F)c2)ncn1. The highest BCUT2D eigenvalue weighted by Crippen LogP contribution is 2.37. The van der Waals surface area contributed by atoms with Crippen molar-refractivity contribution < 1.29 is 13.2 Å². The van der Waals surface area contributed by atoms with Crippen LogP contribution in [0.3, 0.4) is 0 Å². The lowest BCUT2D eigenvalue weighted by Gasteiger charge is -2.28. The minimum atomic E-state index is -4.57. The molecule has 0 radical (unpaired) electrons. The van der Waals surface area contributed by atoms with Gasteiger partial charge in [-0.2, -0.15) is 13.2 Å². The molecule has 0 fully saturated rings. The van der Waals surface area contributed by atoms with Gasteiger partial charge in [0.05, 0.1) is 27.5 Å². The van der Waals surface area contributed by atoms with Crippen LogP contribution in [0.1, 0.15) is 16.8 Å². The summed E-state index contributed by atoms with van der Waals surface area (Å²) < 4.78 is 39.4. The van der Waals surface area contributed by atoms with Crippen molar-refractivity contribution >= 4 is 11.6 Å². The van der Waals surface area contributed by atoms with Gasteiger partial charge in [-0.25, -0.2) is 9.97 Å². The number of hydrogen-bond acceptors (Lipinski definition) is 4. The largest absolute Gasteiger partial charge is 0.417 e. The molecular formula is C19H16ClF3N4. The van der Waals surface area contributed by atoms with Crippen LogP contribution in [0.5, 0.6) is 0 Å². The Hall–Kier alpha value is -2.48. The van der Waals surface area contributed by atoms with Crippen molar-refractivity contribution in [2.75, 3.05) is 6.54 Å². The fourth-order valence-corrected chi connectivity index (χ4v) is 2.99. The maximum atomic E-state index is 13.1. The highest BCUT2D eigenvalue weighted by molar-refractivity contribution is 6.31. The Kier molecular flexibility index (Phi) is 5.19. The average molecular weight is 393 g/mol. The first kappa shape index (κ1) is 19.3.